The molecule has 0 atom stereocenters. The fraction of sp³-hybridized carbons (Fsp3) is 0.0968. The van der Waals surface area contributed by atoms with Crippen LogP contribution >= 0.6 is 0 Å². The van der Waals surface area contributed by atoms with Crippen molar-refractivity contribution in [2.24, 2.45) is 0 Å². The summed E-state index contributed by atoms with van der Waals surface area (Å²) >= 11 is 0. The van der Waals surface area contributed by atoms with Gasteiger partial charge in [0.1, 0.15) is 22.9 Å². The standard InChI is InChI=1S/C31H24N6O2/c1-38-26-11-7-24(8-12-26)36-18-30(32-34-36)22-5-3-20-15-21-4-6-23(17-29(21)28(20)16-22)31-19-37(35-33-31)25-9-13-27(39-2)14-10-25/h3-14,16-19H,15H2,1-2H3. The molecule has 8 nitrogen and oxygen atoms in total. The van der Waals surface area contributed by atoms with Crippen LogP contribution in [0.2, 0.25) is 0 Å². The summed E-state index contributed by atoms with van der Waals surface area (Å²) in [6, 6.07) is 28.5. The van der Waals surface area contributed by atoms with Gasteiger partial charge in [-0.05, 0) is 89.3 Å². The van der Waals surface area contributed by atoms with Gasteiger partial charge in [0.2, 0.25) is 0 Å². The van der Waals surface area contributed by atoms with Crippen LogP contribution in [0.5, 0.6) is 11.5 Å². The van der Waals surface area contributed by atoms with Crippen molar-refractivity contribution >= 4 is 0 Å². The van der Waals surface area contributed by atoms with Gasteiger partial charge < -0.3 is 9.47 Å². The highest BCUT2D eigenvalue weighted by molar-refractivity contribution is 5.83. The van der Waals surface area contributed by atoms with E-state index in [1.165, 1.54) is 22.3 Å². The maximum Gasteiger partial charge on any atom is 0.119 e. The monoisotopic (exact) mass is 512 g/mol. The van der Waals surface area contributed by atoms with Crippen molar-refractivity contribution in [3.05, 3.63) is 108 Å². The topological polar surface area (TPSA) is 79.9 Å². The van der Waals surface area contributed by atoms with E-state index in [-0.39, 0.29) is 0 Å². The van der Waals surface area contributed by atoms with Crippen LogP contribution < -0.4 is 9.47 Å². The molecular formula is C31H24N6O2. The van der Waals surface area contributed by atoms with E-state index in [9.17, 15) is 0 Å². The number of methoxy groups -OCH3 is 2. The molecule has 0 N–H and O–H groups in total. The quantitative estimate of drug-likeness (QED) is 0.281. The van der Waals surface area contributed by atoms with Crippen LogP contribution in [-0.2, 0) is 6.42 Å². The highest BCUT2D eigenvalue weighted by Gasteiger charge is 2.21. The third-order valence-electron chi connectivity index (χ3n) is 7.14. The van der Waals surface area contributed by atoms with Gasteiger partial charge >= 0.3 is 0 Å². The lowest BCUT2D eigenvalue weighted by Crippen LogP contribution is -1.94. The average molecular weight is 513 g/mol. The molecule has 2 aromatic heterocycles. The second-order valence-electron chi connectivity index (χ2n) is 9.41. The summed E-state index contributed by atoms with van der Waals surface area (Å²) in [5, 5.41) is 17.6. The molecule has 0 radical (unpaired) electrons. The molecule has 4 aromatic carbocycles. The first kappa shape index (κ1) is 22.9. The molecule has 0 amide bonds. The number of hydrogen-bond acceptors (Lipinski definition) is 6. The molecular weight excluding hydrogens is 488 g/mol. The molecule has 7 rings (SSSR count). The van der Waals surface area contributed by atoms with E-state index in [1.807, 2.05) is 60.9 Å². The summed E-state index contributed by atoms with van der Waals surface area (Å²) in [4.78, 5) is 0. The fourth-order valence-electron chi connectivity index (χ4n) is 5.00. The average Bonchev–Trinajstić information content (AvgIpc) is 3.75. The molecule has 0 saturated carbocycles. The number of aromatic nitrogens is 6. The molecule has 0 unspecified atom stereocenters. The van der Waals surface area contributed by atoms with E-state index >= 15 is 0 Å². The van der Waals surface area contributed by atoms with E-state index < -0.39 is 0 Å². The number of hydrogen-bond donors (Lipinski definition) is 0. The van der Waals surface area contributed by atoms with Gasteiger partial charge in [-0.1, -0.05) is 34.7 Å². The SMILES string of the molecule is COc1ccc(-n2cc(-c3ccc4c(c3)-c3cc(-c5cn(-c6ccc(OC)cc6)nn5)ccc3C4)nn2)cc1. The van der Waals surface area contributed by atoms with Gasteiger partial charge in [0.05, 0.1) is 38.0 Å². The number of fused-ring (bicyclic) bond motifs is 3. The van der Waals surface area contributed by atoms with Gasteiger partial charge in [-0.3, -0.25) is 0 Å². The molecule has 0 spiro atoms. The van der Waals surface area contributed by atoms with Crippen molar-refractivity contribution in [1.29, 1.82) is 0 Å². The van der Waals surface area contributed by atoms with E-state index in [4.69, 9.17) is 9.47 Å². The summed E-state index contributed by atoms with van der Waals surface area (Å²) in [6.45, 7) is 0. The largest absolute Gasteiger partial charge is 0.497 e. The number of rotatable bonds is 6. The molecule has 0 bridgehead atoms. The molecule has 8 heteroatoms. The lowest BCUT2D eigenvalue weighted by molar-refractivity contribution is 0.414. The van der Waals surface area contributed by atoms with Gasteiger partial charge in [-0.2, -0.15) is 0 Å². The van der Waals surface area contributed by atoms with E-state index in [1.54, 1.807) is 23.6 Å². The Balaban J connectivity index is 1.19. The van der Waals surface area contributed by atoms with Crippen LogP contribution in [-0.4, -0.2) is 44.2 Å². The van der Waals surface area contributed by atoms with Crippen molar-refractivity contribution in [1.82, 2.24) is 30.0 Å². The van der Waals surface area contributed by atoms with Crippen molar-refractivity contribution in [3.8, 4) is 56.5 Å². The zero-order valence-electron chi connectivity index (χ0n) is 21.4. The van der Waals surface area contributed by atoms with Crippen LogP contribution in [0.3, 0.4) is 0 Å². The fourth-order valence-corrected chi connectivity index (χ4v) is 5.00. The number of ether oxygens (including phenoxy) is 2. The van der Waals surface area contributed by atoms with Crippen LogP contribution in [0.1, 0.15) is 11.1 Å². The van der Waals surface area contributed by atoms with Crippen LogP contribution in [0.25, 0.3) is 45.0 Å². The minimum atomic E-state index is 0.805. The van der Waals surface area contributed by atoms with Crippen LogP contribution in [0.4, 0.5) is 0 Å². The summed E-state index contributed by atoms with van der Waals surface area (Å²) in [6.07, 6.45) is 4.81. The van der Waals surface area contributed by atoms with Crippen molar-refractivity contribution in [2.75, 3.05) is 14.2 Å². The Morgan fingerprint density at radius 1 is 0.564 bits per heavy atom. The minimum absolute atomic E-state index is 0.805. The molecule has 2 heterocycles. The zero-order valence-corrected chi connectivity index (χ0v) is 21.4. The molecule has 0 aliphatic heterocycles. The van der Waals surface area contributed by atoms with Gasteiger partial charge in [-0.25, -0.2) is 9.36 Å². The first-order valence-corrected chi connectivity index (χ1v) is 12.6. The summed E-state index contributed by atoms with van der Waals surface area (Å²) in [5.74, 6) is 1.61. The van der Waals surface area contributed by atoms with Crippen molar-refractivity contribution in [2.45, 2.75) is 6.42 Å². The van der Waals surface area contributed by atoms with Gasteiger partial charge in [0, 0.05) is 11.1 Å². The Hall–Kier alpha value is -5.24. The highest BCUT2D eigenvalue weighted by Crippen LogP contribution is 2.40. The lowest BCUT2D eigenvalue weighted by Gasteiger charge is -2.05. The molecule has 1 aliphatic carbocycles. The lowest BCUT2D eigenvalue weighted by atomic mass is 9.99. The van der Waals surface area contributed by atoms with Gasteiger partial charge in [-0.15, -0.1) is 10.2 Å². The Morgan fingerprint density at radius 2 is 1.00 bits per heavy atom. The number of benzene rings is 4. The summed E-state index contributed by atoms with van der Waals surface area (Å²) in [7, 11) is 3.31. The maximum absolute atomic E-state index is 5.26. The minimum Gasteiger partial charge on any atom is -0.497 e. The smallest absolute Gasteiger partial charge is 0.119 e. The van der Waals surface area contributed by atoms with Gasteiger partial charge in [0.15, 0.2) is 0 Å². The Labute approximate surface area is 225 Å². The van der Waals surface area contributed by atoms with Crippen molar-refractivity contribution in [3.63, 3.8) is 0 Å². The molecule has 0 fully saturated rings. The van der Waals surface area contributed by atoms with E-state index in [2.05, 4.69) is 57.0 Å². The Bertz CT molecular complexity index is 1670. The third kappa shape index (κ3) is 4.12. The van der Waals surface area contributed by atoms with Crippen LogP contribution in [0.15, 0.2) is 97.3 Å². The summed E-state index contributed by atoms with van der Waals surface area (Å²) < 4.78 is 14.1. The van der Waals surface area contributed by atoms with Gasteiger partial charge in [0.25, 0.3) is 0 Å². The Morgan fingerprint density at radius 3 is 1.41 bits per heavy atom. The Kier molecular flexibility index (Phi) is 5.44. The molecule has 39 heavy (non-hydrogen) atoms. The second kappa shape index (κ2) is 9.25. The zero-order chi connectivity index (χ0) is 26.3. The highest BCUT2D eigenvalue weighted by atomic mass is 16.5. The first-order valence-electron chi connectivity index (χ1n) is 12.6. The third-order valence-corrected chi connectivity index (χ3v) is 7.14. The first-order chi connectivity index (χ1) is 19.2. The summed E-state index contributed by atoms with van der Waals surface area (Å²) in [5.41, 5.74) is 10.6. The normalized spacial score (nSPS) is 11.7. The predicted molar refractivity (Wildman–Crippen MR) is 148 cm³/mol. The van der Waals surface area contributed by atoms with E-state index in [0.717, 1.165) is 51.8 Å². The van der Waals surface area contributed by atoms with Crippen LogP contribution in [0, 0.1) is 0 Å². The van der Waals surface area contributed by atoms with E-state index in [0.29, 0.717) is 0 Å². The molecule has 0 saturated heterocycles. The van der Waals surface area contributed by atoms with Crippen molar-refractivity contribution < 1.29 is 9.47 Å². The maximum atomic E-state index is 5.26. The molecule has 190 valence electrons. The second-order valence-corrected chi connectivity index (χ2v) is 9.41. The molecule has 6 aromatic rings. The predicted octanol–water partition coefficient (Wildman–Crippen LogP) is 5.77. The molecule has 1 aliphatic rings. The number of nitrogens with zero attached hydrogens (tertiary/aromatic N) is 6.